The molecule has 0 saturated heterocycles. The lowest BCUT2D eigenvalue weighted by atomic mass is 10.0. The Kier molecular flexibility index (Phi) is 46.5. The van der Waals surface area contributed by atoms with E-state index in [0.29, 0.717) is 17.4 Å². The van der Waals surface area contributed by atoms with Gasteiger partial charge in [0.25, 0.3) is 7.82 Å². The lowest BCUT2D eigenvalue weighted by Gasteiger charge is -2.29. The number of likely N-dealkylation sites (N-methyl/N-ethyl adjacent to an activating group) is 1. The fraction of sp³-hybridized carbons (Fsp3) is 0.772. The van der Waals surface area contributed by atoms with Crippen molar-refractivity contribution in [1.82, 2.24) is 5.32 Å². The summed E-state index contributed by atoms with van der Waals surface area (Å²) in [6, 6.07) is -0.882. The Labute approximate surface area is 408 Å². The van der Waals surface area contributed by atoms with Gasteiger partial charge < -0.3 is 28.8 Å². The maximum absolute atomic E-state index is 12.8. The van der Waals surface area contributed by atoms with Crippen LogP contribution in [-0.4, -0.2) is 68.5 Å². The van der Waals surface area contributed by atoms with Crippen LogP contribution in [0.4, 0.5) is 0 Å². The van der Waals surface area contributed by atoms with Crippen LogP contribution in [0.3, 0.4) is 0 Å². The van der Waals surface area contributed by atoms with Gasteiger partial charge in [-0.2, -0.15) is 0 Å². The molecule has 0 bridgehead atoms. The summed E-state index contributed by atoms with van der Waals surface area (Å²) in [6.07, 6.45) is 66.3. The van der Waals surface area contributed by atoms with E-state index >= 15 is 0 Å². The zero-order valence-corrected chi connectivity index (χ0v) is 44.5. The topological polar surface area (TPSA) is 108 Å². The number of amides is 1. The first-order valence-electron chi connectivity index (χ1n) is 27.3. The number of quaternary nitrogens is 1. The highest BCUT2D eigenvalue weighted by molar-refractivity contribution is 7.45. The van der Waals surface area contributed by atoms with Gasteiger partial charge in [0.15, 0.2) is 0 Å². The number of aliphatic hydroxyl groups excluding tert-OH is 1. The van der Waals surface area contributed by atoms with Crippen molar-refractivity contribution in [3.63, 3.8) is 0 Å². The number of hydrogen-bond acceptors (Lipinski definition) is 6. The molecule has 0 aromatic rings. The van der Waals surface area contributed by atoms with Gasteiger partial charge in [0.2, 0.25) is 5.91 Å². The van der Waals surface area contributed by atoms with Crippen LogP contribution in [0.5, 0.6) is 0 Å². The fourth-order valence-corrected chi connectivity index (χ4v) is 8.37. The minimum Gasteiger partial charge on any atom is -0.756 e. The Morgan fingerprint density at radius 1 is 0.545 bits per heavy atom. The van der Waals surface area contributed by atoms with E-state index < -0.39 is 20.0 Å². The first-order chi connectivity index (χ1) is 32.0. The molecule has 0 heterocycles. The molecule has 0 aromatic carbocycles. The summed E-state index contributed by atoms with van der Waals surface area (Å²) in [5, 5.41) is 13.6. The van der Waals surface area contributed by atoms with E-state index in [4.69, 9.17) is 9.05 Å². The number of hydrogen-bond donors (Lipinski definition) is 2. The van der Waals surface area contributed by atoms with Gasteiger partial charge in [-0.05, 0) is 64.2 Å². The predicted octanol–water partition coefficient (Wildman–Crippen LogP) is 15.7. The van der Waals surface area contributed by atoms with Crippen molar-refractivity contribution < 1.29 is 32.9 Å². The van der Waals surface area contributed by atoms with E-state index in [9.17, 15) is 19.4 Å². The molecule has 0 aliphatic carbocycles. The zero-order chi connectivity index (χ0) is 48.5. The van der Waals surface area contributed by atoms with Gasteiger partial charge in [-0.15, -0.1) is 0 Å². The monoisotopic (exact) mass is 945 g/mol. The lowest BCUT2D eigenvalue weighted by molar-refractivity contribution is -0.870. The standard InChI is InChI=1S/C57H105N2O6P/c1-6-8-10-12-13-14-15-16-17-18-19-20-21-22-23-24-25-26-27-28-29-30-31-32-33-34-35-36-37-38-39-40-41-42-43-44-45-47-49-51-57(61)58-55(56(60)50-48-46-11-9-7-2)54-65-66(62,63)64-53-52-59(3,4)5/h8,10,13-14,16-17,19-20,22-23,48,50,55-56,60H,6-7,9,11-12,15,18,21,24-47,49,51-54H2,1-5H3,(H-,58,61,62,63)/b10-8-,14-13-,17-16-,20-19-,23-22-,50-48+. The molecule has 9 heteroatoms. The number of carbonyl (C=O) groups is 1. The van der Waals surface area contributed by atoms with E-state index in [2.05, 4.69) is 79.9 Å². The second-order valence-corrected chi connectivity index (χ2v) is 21.0. The maximum atomic E-state index is 12.8. The molecule has 0 fully saturated rings. The number of phosphoric ester groups is 1. The summed E-state index contributed by atoms with van der Waals surface area (Å²) in [5.41, 5.74) is 0. The Morgan fingerprint density at radius 2 is 0.924 bits per heavy atom. The summed E-state index contributed by atoms with van der Waals surface area (Å²) in [6.45, 7) is 4.42. The van der Waals surface area contributed by atoms with Gasteiger partial charge in [-0.3, -0.25) is 9.36 Å². The first-order valence-corrected chi connectivity index (χ1v) is 28.8. The smallest absolute Gasteiger partial charge is 0.268 e. The number of nitrogens with one attached hydrogen (secondary N) is 1. The van der Waals surface area contributed by atoms with Crippen LogP contribution >= 0.6 is 7.82 Å². The fourth-order valence-electron chi connectivity index (χ4n) is 7.65. The van der Waals surface area contributed by atoms with Crippen LogP contribution in [-0.2, 0) is 18.4 Å². The molecule has 66 heavy (non-hydrogen) atoms. The van der Waals surface area contributed by atoms with Gasteiger partial charge in [-0.1, -0.05) is 234 Å². The largest absolute Gasteiger partial charge is 0.756 e. The number of aliphatic hydroxyl groups is 1. The highest BCUT2D eigenvalue weighted by Crippen LogP contribution is 2.38. The molecule has 0 spiro atoms. The average Bonchev–Trinajstić information content (AvgIpc) is 3.27. The van der Waals surface area contributed by atoms with E-state index in [1.807, 2.05) is 27.2 Å². The lowest BCUT2D eigenvalue weighted by Crippen LogP contribution is -2.45. The van der Waals surface area contributed by atoms with Gasteiger partial charge in [0, 0.05) is 6.42 Å². The molecule has 3 atom stereocenters. The summed E-state index contributed by atoms with van der Waals surface area (Å²) >= 11 is 0. The summed E-state index contributed by atoms with van der Waals surface area (Å²) in [5.74, 6) is -0.204. The Bertz CT molecular complexity index is 1300. The van der Waals surface area contributed by atoms with Crippen LogP contribution in [0.25, 0.3) is 0 Å². The predicted molar refractivity (Wildman–Crippen MR) is 284 cm³/mol. The highest BCUT2D eigenvalue weighted by atomic mass is 31.2. The third-order valence-corrected chi connectivity index (χ3v) is 12.9. The van der Waals surface area contributed by atoms with Crippen molar-refractivity contribution in [2.45, 2.75) is 244 Å². The number of allylic oxidation sites excluding steroid dienone is 11. The minimum atomic E-state index is -4.57. The number of rotatable bonds is 49. The molecule has 384 valence electrons. The van der Waals surface area contributed by atoms with Crippen molar-refractivity contribution >= 4 is 13.7 Å². The number of unbranched alkanes of at least 4 members (excludes halogenated alkanes) is 26. The number of nitrogens with zero attached hydrogens (tertiary/aromatic N) is 1. The van der Waals surface area contributed by atoms with Crippen molar-refractivity contribution in [3.05, 3.63) is 72.9 Å². The normalized spacial score (nSPS) is 14.6. The van der Waals surface area contributed by atoms with Crippen LogP contribution in [0, 0.1) is 0 Å². The molecule has 8 nitrogen and oxygen atoms in total. The van der Waals surface area contributed by atoms with Crippen molar-refractivity contribution in [1.29, 1.82) is 0 Å². The molecular formula is C57H105N2O6P. The molecule has 0 rings (SSSR count). The molecule has 3 unspecified atom stereocenters. The molecule has 0 aliphatic heterocycles. The van der Waals surface area contributed by atoms with Crippen molar-refractivity contribution in [3.8, 4) is 0 Å². The van der Waals surface area contributed by atoms with Gasteiger partial charge in [-0.25, -0.2) is 0 Å². The van der Waals surface area contributed by atoms with Gasteiger partial charge >= 0.3 is 0 Å². The van der Waals surface area contributed by atoms with Gasteiger partial charge in [0.1, 0.15) is 13.2 Å². The summed E-state index contributed by atoms with van der Waals surface area (Å²) in [4.78, 5) is 25.1. The maximum Gasteiger partial charge on any atom is 0.268 e. The van der Waals surface area contributed by atoms with Crippen LogP contribution in [0.2, 0.25) is 0 Å². The molecule has 1 amide bonds. The van der Waals surface area contributed by atoms with Crippen molar-refractivity contribution in [2.75, 3.05) is 40.9 Å². The molecule has 2 N–H and O–H groups in total. The van der Waals surface area contributed by atoms with E-state index in [0.717, 1.165) is 77.0 Å². The van der Waals surface area contributed by atoms with Crippen LogP contribution in [0.15, 0.2) is 72.9 Å². The van der Waals surface area contributed by atoms with Crippen LogP contribution in [0.1, 0.15) is 232 Å². The second-order valence-electron chi connectivity index (χ2n) is 19.6. The Hall–Kier alpha value is -2.06. The zero-order valence-electron chi connectivity index (χ0n) is 43.6. The highest BCUT2D eigenvalue weighted by Gasteiger charge is 2.23. The molecule has 0 aromatic heterocycles. The third-order valence-electron chi connectivity index (χ3n) is 11.9. The Morgan fingerprint density at radius 3 is 1.35 bits per heavy atom. The summed E-state index contributed by atoms with van der Waals surface area (Å²) in [7, 11) is 1.26. The molecule has 0 saturated carbocycles. The second kappa shape index (κ2) is 48.0. The SMILES string of the molecule is CC/C=C\C/C=C\C/C=C\C/C=C\C/C=C\CCCCCCCCCCCCCCCCCCCCCCCCCC(=O)NC(COP(=O)([O-])OCC[N+](C)(C)C)C(O)/C=C/CCCCC. The third kappa shape index (κ3) is 49.8. The average molecular weight is 945 g/mol. The van der Waals surface area contributed by atoms with Gasteiger partial charge in [0.05, 0.1) is 39.9 Å². The first kappa shape index (κ1) is 63.9. The van der Waals surface area contributed by atoms with E-state index in [-0.39, 0.29) is 19.1 Å². The van der Waals surface area contributed by atoms with Crippen molar-refractivity contribution in [2.24, 2.45) is 0 Å². The number of carbonyl (C=O) groups excluding carboxylic acids is 1. The summed E-state index contributed by atoms with van der Waals surface area (Å²) < 4.78 is 23.0. The Balaban J connectivity index is 3.72. The number of phosphoric acid groups is 1. The molecule has 0 radical (unpaired) electrons. The molecular weight excluding hydrogens is 840 g/mol. The van der Waals surface area contributed by atoms with Crippen LogP contribution < -0.4 is 10.2 Å². The minimum absolute atomic E-state index is 0.00218. The molecule has 0 aliphatic rings. The quantitative estimate of drug-likeness (QED) is 0.0272. The van der Waals surface area contributed by atoms with E-state index in [1.165, 1.54) is 135 Å². The van der Waals surface area contributed by atoms with E-state index in [1.54, 1.807) is 6.08 Å².